The molecule has 1 fully saturated rings. The molecule has 18 heavy (non-hydrogen) atoms. The average molecular weight is 254 g/mol. The molecule has 0 aromatic heterocycles. The maximum Gasteiger partial charge on any atom is 0.0125 e. The molecule has 1 aliphatic rings. The summed E-state index contributed by atoms with van der Waals surface area (Å²) in [6.45, 7) is 18.9. The van der Waals surface area contributed by atoms with Crippen LogP contribution in [0.5, 0.6) is 0 Å². The van der Waals surface area contributed by atoms with Crippen molar-refractivity contribution in [3.63, 3.8) is 0 Å². The minimum atomic E-state index is 0.278. The predicted molar refractivity (Wildman–Crippen MR) is 81.0 cm³/mol. The molecule has 0 saturated carbocycles. The number of nitrogens with zero attached hydrogens (tertiary/aromatic N) is 2. The summed E-state index contributed by atoms with van der Waals surface area (Å²) in [5, 5.41) is 0. The molecule has 0 radical (unpaired) electrons. The van der Waals surface area contributed by atoms with Crippen molar-refractivity contribution in [2.75, 3.05) is 20.1 Å². The first kappa shape index (κ1) is 16.0. The van der Waals surface area contributed by atoms with E-state index in [2.05, 4.69) is 65.3 Å². The molecule has 1 rings (SSSR count). The molecule has 0 amide bonds. The maximum atomic E-state index is 2.63. The zero-order valence-electron chi connectivity index (χ0n) is 13.9. The van der Waals surface area contributed by atoms with Gasteiger partial charge in [0.25, 0.3) is 0 Å². The molecule has 1 heterocycles. The van der Waals surface area contributed by atoms with Gasteiger partial charge in [-0.1, -0.05) is 0 Å². The van der Waals surface area contributed by atoms with E-state index in [1.807, 2.05) is 0 Å². The highest BCUT2D eigenvalue weighted by atomic mass is 15.2. The van der Waals surface area contributed by atoms with Crippen LogP contribution in [0.15, 0.2) is 0 Å². The first-order chi connectivity index (χ1) is 8.03. The van der Waals surface area contributed by atoms with Crippen molar-refractivity contribution in [2.24, 2.45) is 5.92 Å². The Hall–Kier alpha value is -0.0800. The van der Waals surface area contributed by atoms with Crippen LogP contribution in [0.1, 0.15) is 61.3 Å². The highest BCUT2D eigenvalue weighted by Crippen LogP contribution is 2.29. The van der Waals surface area contributed by atoms with Crippen molar-refractivity contribution >= 4 is 0 Å². The van der Waals surface area contributed by atoms with Crippen LogP contribution in [-0.4, -0.2) is 47.1 Å². The lowest BCUT2D eigenvalue weighted by Crippen LogP contribution is -2.52. The Morgan fingerprint density at radius 1 is 1.00 bits per heavy atom. The summed E-state index contributed by atoms with van der Waals surface area (Å²) >= 11 is 0. The molecular weight excluding hydrogens is 220 g/mol. The van der Waals surface area contributed by atoms with E-state index >= 15 is 0 Å². The number of hydrogen-bond acceptors (Lipinski definition) is 2. The van der Waals surface area contributed by atoms with Crippen LogP contribution in [0.4, 0.5) is 0 Å². The van der Waals surface area contributed by atoms with Gasteiger partial charge < -0.3 is 0 Å². The lowest BCUT2D eigenvalue weighted by Gasteiger charge is -2.46. The van der Waals surface area contributed by atoms with E-state index < -0.39 is 0 Å². The topological polar surface area (TPSA) is 6.48 Å². The van der Waals surface area contributed by atoms with Crippen LogP contribution in [0.25, 0.3) is 0 Å². The minimum Gasteiger partial charge on any atom is -0.299 e. The van der Waals surface area contributed by atoms with E-state index in [4.69, 9.17) is 0 Å². The molecule has 1 atom stereocenters. The van der Waals surface area contributed by atoms with Crippen molar-refractivity contribution in [3.05, 3.63) is 0 Å². The summed E-state index contributed by atoms with van der Waals surface area (Å²) in [6, 6.07) is 0.687. The SMILES string of the molecule is CC(C1CCN(C(C)(C)C)CC1)N(C)C(C)(C)C. The highest BCUT2D eigenvalue weighted by Gasteiger charge is 2.33. The molecule has 1 aliphatic heterocycles. The highest BCUT2D eigenvalue weighted by molar-refractivity contribution is 4.88. The summed E-state index contributed by atoms with van der Waals surface area (Å²) in [4.78, 5) is 5.18. The second-order valence-corrected chi connectivity index (χ2v) is 8.02. The average Bonchev–Trinajstić information content (AvgIpc) is 2.25. The number of likely N-dealkylation sites (tertiary alicyclic amines) is 1. The Kier molecular flexibility index (Phi) is 4.88. The van der Waals surface area contributed by atoms with E-state index in [0.29, 0.717) is 11.6 Å². The van der Waals surface area contributed by atoms with Gasteiger partial charge in [-0.25, -0.2) is 0 Å². The summed E-state index contributed by atoms with van der Waals surface area (Å²) in [6.07, 6.45) is 2.69. The summed E-state index contributed by atoms with van der Waals surface area (Å²) < 4.78 is 0. The van der Waals surface area contributed by atoms with E-state index in [1.165, 1.54) is 25.9 Å². The molecule has 2 nitrogen and oxygen atoms in total. The van der Waals surface area contributed by atoms with Gasteiger partial charge in [-0.15, -0.1) is 0 Å². The van der Waals surface area contributed by atoms with Gasteiger partial charge in [-0.05, 0) is 87.4 Å². The van der Waals surface area contributed by atoms with Gasteiger partial charge in [0, 0.05) is 17.1 Å². The van der Waals surface area contributed by atoms with Gasteiger partial charge in [-0.3, -0.25) is 9.80 Å². The minimum absolute atomic E-state index is 0.278. The van der Waals surface area contributed by atoms with Crippen LogP contribution in [0, 0.1) is 5.92 Å². The standard InChI is InChI=1S/C16H34N2/c1-13(17(8)15(2,3)4)14-9-11-18(12-10-14)16(5,6)7/h13-14H,9-12H2,1-8H3. The van der Waals surface area contributed by atoms with Gasteiger partial charge >= 0.3 is 0 Å². The van der Waals surface area contributed by atoms with E-state index in [9.17, 15) is 0 Å². The number of piperidine rings is 1. The molecule has 0 aliphatic carbocycles. The monoisotopic (exact) mass is 254 g/mol. The van der Waals surface area contributed by atoms with Crippen LogP contribution < -0.4 is 0 Å². The summed E-state index contributed by atoms with van der Waals surface area (Å²) in [5.41, 5.74) is 0.616. The van der Waals surface area contributed by atoms with Crippen LogP contribution >= 0.6 is 0 Å². The zero-order valence-corrected chi connectivity index (χ0v) is 13.9. The molecular formula is C16H34N2. The molecule has 0 spiro atoms. The van der Waals surface area contributed by atoms with Crippen molar-refractivity contribution in [3.8, 4) is 0 Å². The fraction of sp³-hybridized carbons (Fsp3) is 1.00. The van der Waals surface area contributed by atoms with Gasteiger partial charge in [0.2, 0.25) is 0 Å². The smallest absolute Gasteiger partial charge is 0.0125 e. The third-order valence-electron chi connectivity index (χ3n) is 4.84. The normalized spacial score (nSPS) is 22.5. The molecule has 0 aromatic rings. The predicted octanol–water partition coefficient (Wildman–Crippen LogP) is 3.62. The Bertz CT molecular complexity index is 251. The largest absolute Gasteiger partial charge is 0.299 e. The third kappa shape index (κ3) is 3.96. The summed E-state index contributed by atoms with van der Waals surface area (Å²) in [5.74, 6) is 0.854. The molecule has 108 valence electrons. The molecule has 1 saturated heterocycles. The van der Waals surface area contributed by atoms with Crippen LogP contribution in [-0.2, 0) is 0 Å². The van der Waals surface area contributed by atoms with Crippen LogP contribution in [0.2, 0.25) is 0 Å². The van der Waals surface area contributed by atoms with E-state index in [-0.39, 0.29) is 5.54 Å². The van der Waals surface area contributed by atoms with Gasteiger partial charge in [0.1, 0.15) is 0 Å². The molecule has 2 heteroatoms. The molecule has 0 N–H and O–H groups in total. The zero-order chi connectivity index (χ0) is 14.1. The molecule has 1 unspecified atom stereocenters. The molecule has 0 aromatic carbocycles. The second-order valence-electron chi connectivity index (χ2n) is 8.02. The first-order valence-corrected chi connectivity index (χ1v) is 7.51. The summed E-state index contributed by atoms with van der Waals surface area (Å²) in [7, 11) is 2.28. The van der Waals surface area contributed by atoms with Crippen molar-refractivity contribution in [2.45, 2.75) is 78.4 Å². The van der Waals surface area contributed by atoms with Gasteiger partial charge in [0.05, 0.1) is 0 Å². The van der Waals surface area contributed by atoms with Crippen LogP contribution in [0.3, 0.4) is 0 Å². The lowest BCUT2D eigenvalue weighted by molar-refractivity contribution is 0.0320. The second kappa shape index (κ2) is 5.50. The number of rotatable bonds is 2. The van der Waals surface area contributed by atoms with E-state index in [0.717, 1.165) is 5.92 Å². The Morgan fingerprint density at radius 2 is 1.44 bits per heavy atom. The Morgan fingerprint density at radius 3 is 1.78 bits per heavy atom. The van der Waals surface area contributed by atoms with Gasteiger partial charge in [-0.2, -0.15) is 0 Å². The van der Waals surface area contributed by atoms with Crippen molar-refractivity contribution in [1.82, 2.24) is 9.80 Å². The lowest BCUT2D eigenvalue weighted by atomic mass is 9.86. The van der Waals surface area contributed by atoms with Gasteiger partial charge in [0.15, 0.2) is 0 Å². The van der Waals surface area contributed by atoms with Crippen molar-refractivity contribution in [1.29, 1.82) is 0 Å². The maximum absolute atomic E-state index is 2.63. The fourth-order valence-electron chi connectivity index (χ4n) is 2.98. The fourth-order valence-corrected chi connectivity index (χ4v) is 2.98. The first-order valence-electron chi connectivity index (χ1n) is 7.51. The number of hydrogen-bond donors (Lipinski definition) is 0. The third-order valence-corrected chi connectivity index (χ3v) is 4.84. The molecule has 0 bridgehead atoms. The quantitative estimate of drug-likeness (QED) is 0.742. The Balaban J connectivity index is 2.53. The van der Waals surface area contributed by atoms with Crippen molar-refractivity contribution < 1.29 is 0 Å². The van der Waals surface area contributed by atoms with E-state index in [1.54, 1.807) is 0 Å². The Labute approximate surface area is 115 Å².